The van der Waals surface area contributed by atoms with Gasteiger partial charge in [0, 0.05) is 5.54 Å². The van der Waals surface area contributed by atoms with Gasteiger partial charge in [0.15, 0.2) is 0 Å². The summed E-state index contributed by atoms with van der Waals surface area (Å²) in [5, 5.41) is 3.73. The van der Waals surface area contributed by atoms with Crippen LogP contribution in [0.15, 0.2) is 0 Å². The normalized spacial score (nSPS) is 40.4. The first kappa shape index (κ1) is 9.51. The Labute approximate surface area is 82.3 Å². The fraction of sp³-hybridized carbons (Fsp3) is 1.00. The van der Waals surface area contributed by atoms with Crippen molar-refractivity contribution in [1.82, 2.24) is 5.32 Å². The van der Waals surface area contributed by atoms with E-state index >= 15 is 0 Å². The zero-order chi connectivity index (χ0) is 9.31. The molecule has 0 aromatic rings. The number of rotatable bonds is 1. The van der Waals surface area contributed by atoms with Crippen LogP contribution >= 0.6 is 0 Å². The van der Waals surface area contributed by atoms with E-state index in [-0.39, 0.29) is 0 Å². The lowest BCUT2D eigenvalue weighted by atomic mass is 9.72. The highest BCUT2D eigenvalue weighted by molar-refractivity contribution is 4.96. The molecule has 1 saturated carbocycles. The quantitative estimate of drug-likeness (QED) is 0.656. The minimum absolute atomic E-state index is 0.589. The molecule has 0 bridgehead atoms. The van der Waals surface area contributed by atoms with Gasteiger partial charge in [-0.2, -0.15) is 0 Å². The summed E-state index contributed by atoms with van der Waals surface area (Å²) in [6, 6.07) is 0. The van der Waals surface area contributed by atoms with Crippen molar-refractivity contribution in [3.05, 3.63) is 0 Å². The van der Waals surface area contributed by atoms with Crippen molar-refractivity contribution >= 4 is 0 Å². The SMILES string of the molecule is CC(C)C1CCC2(CCCN2)CC1. The van der Waals surface area contributed by atoms with Crippen molar-refractivity contribution in [2.45, 2.75) is 57.9 Å². The van der Waals surface area contributed by atoms with Crippen LogP contribution in [0.2, 0.25) is 0 Å². The summed E-state index contributed by atoms with van der Waals surface area (Å²) in [4.78, 5) is 0. The van der Waals surface area contributed by atoms with Gasteiger partial charge in [0.05, 0.1) is 0 Å². The van der Waals surface area contributed by atoms with Crippen LogP contribution < -0.4 is 5.32 Å². The lowest BCUT2D eigenvalue weighted by molar-refractivity contribution is 0.178. The van der Waals surface area contributed by atoms with Gasteiger partial charge in [-0.3, -0.25) is 0 Å². The topological polar surface area (TPSA) is 12.0 Å². The first-order valence-electron chi connectivity index (χ1n) is 5.97. The molecule has 1 aliphatic heterocycles. The van der Waals surface area contributed by atoms with Gasteiger partial charge in [-0.05, 0) is 56.9 Å². The molecule has 2 fully saturated rings. The summed E-state index contributed by atoms with van der Waals surface area (Å²) >= 11 is 0. The Hall–Kier alpha value is -0.0400. The van der Waals surface area contributed by atoms with E-state index in [0.717, 1.165) is 11.8 Å². The fourth-order valence-corrected chi connectivity index (χ4v) is 3.15. The molecule has 0 aromatic carbocycles. The molecule has 1 heterocycles. The minimum atomic E-state index is 0.589. The van der Waals surface area contributed by atoms with Gasteiger partial charge in [-0.1, -0.05) is 13.8 Å². The summed E-state index contributed by atoms with van der Waals surface area (Å²) in [5.74, 6) is 1.91. The fourth-order valence-electron chi connectivity index (χ4n) is 3.15. The van der Waals surface area contributed by atoms with Crippen molar-refractivity contribution < 1.29 is 0 Å². The minimum Gasteiger partial charge on any atom is -0.311 e. The maximum atomic E-state index is 3.73. The molecule has 1 aliphatic carbocycles. The molecule has 0 radical (unpaired) electrons. The Morgan fingerprint density at radius 1 is 1.15 bits per heavy atom. The smallest absolute Gasteiger partial charge is 0.0182 e. The van der Waals surface area contributed by atoms with E-state index < -0.39 is 0 Å². The Morgan fingerprint density at radius 2 is 1.85 bits per heavy atom. The van der Waals surface area contributed by atoms with E-state index in [9.17, 15) is 0 Å². The Balaban J connectivity index is 1.88. The Morgan fingerprint density at radius 3 is 2.31 bits per heavy atom. The van der Waals surface area contributed by atoms with Crippen molar-refractivity contribution in [2.75, 3.05) is 6.54 Å². The zero-order valence-electron chi connectivity index (χ0n) is 9.10. The first-order valence-corrected chi connectivity index (χ1v) is 5.97. The van der Waals surface area contributed by atoms with Crippen LogP contribution in [0.5, 0.6) is 0 Å². The predicted molar refractivity (Wildman–Crippen MR) is 56.8 cm³/mol. The van der Waals surface area contributed by atoms with Gasteiger partial charge in [0.2, 0.25) is 0 Å². The molecular formula is C12H23N. The molecule has 1 saturated heterocycles. The van der Waals surface area contributed by atoms with Gasteiger partial charge in [0.25, 0.3) is 0 Å². The Kier molecular flexibility index (Phi) is 2.64. The van der Waals surface area contributed by atoms with Crippen molar-refractivity contribution in [3.63, 3.8) is 0 Å². The molecule has 13 heavy (non-hydrogen) atoms. The molecule has 0 atom stereocenters. The molecular weight excluding hydrogens is 158 g/mol. The van der Waals surface area contributed by atoms with Crippen LogP contribution in [0.4, 0.5) is 0 Å². The van der Waals surface area contributed by atoms with Gasteiger partial charge >= 0.3 is 0 Å². The molecule has 0 unspecified atom stereocenters. The van der Waals surface area contributed by atoms with Crippen LogP contribution in [-0.2, 0) is 0 Å². The monoisotopic (exact) mass is 181 g/mol. The summed E-state index contributed by atoms with van der Waals surface area (Å²) in [7, 11) is 0. The van der Waals surface area contributed by atoms with Crippen molar-refractivity contribution in [3.8, 4) is 0 Å². The third kappa shape index (κ3) is 1.90. The van der Waals surface area contributed by atoms with Crippen LogP contribution in [0.1, 0.15) is 52.4 Å². The van der Waals surface area contributed by atoms with Crippen LogP contribution in [0.25, 0.3) is 0 Å². The highest BCUT2D eigenvalue weighted by Crippen LogP contribution is 2.39. The second-order valence-corrected chi connectivity index (χ2v) is 5.39. The second kappa shape index (κ2) is 3.61. The Bertz CT molecular complexity index is 158. The van der Waals surface area contributed by atoms with E-state index in [1.807, 2.05) is 0 Å². The zero-order valence-corrected chi connectivity index (χ0v) is 9.10. The second-order valence-electron chi connectivity index (χ2n) is 5.39. The summed E-state index contributed by atoms with van der Waals surface area (Å²) in [6.07, 6.45) is 8.66. The third-order valence-electron chi connectivity index (χ3n) is 4.26. The van der Waals surface area contributed by atoms with E-state index in [1.165, 1.54) is 45.1 Å². The molecule has 76 valence electrons. The van der Waals surface area contributed by atoms with E-state index in [4.69, 9.17) is 0 Å². The molecule has 0 aromatic heterocycles. The maximum absolute atomic E-state index is 3.73. The third-order valence-corrected chi connectivity index (χ3v) is 4.26. The number of hydrogen-bond acceptors (Lipinski definition) is 1. The van der Waals surface area contributed by atoms with E-state index in [1.54, 1.807) is 0 Å². The van der Waals surface area contributed by atoms with Crippen LogP contribution in [0.3, 0.4) is 0 Å². The van der Waals surface area contributed by atoms with Crippen LogP contribution in [-0.4, -0.2) is 12.1 Å². The number of nitrogens with one attached hydrogen (secondary N) is 1. The van der Waals surface area contributed by atoms with E-state index in [2.05, 4.69) is 19.2 Å². The predicted octanol–water partition coefficient (Wildman–Crippen LogP) is 2.95. The van der Waals surface area contributed by atoms with Crippen molar-refractivity contribution in [2.24, 2.45) is 11.8 Å². The molecule has 2 rings (SSSR count). The molecule has 0 amide bonds. The molecule has 1 N–H and O–H groups in total. The standard InChI is InChI=1S/C12H23N/c1-10(2)11-4-7-12(8-5-11)6-3-9-13-12/h10-11,13H,3-9H2,1-2H3. The lowest BCUT2D eigenvalue weighted by Crippen LogP contribution is -2.43. The average Bonchev–Trinajstić information content (AvgIpc) is 2.54. The average molecular weight is 181 g/mol. The number of hydrogen-bond donors (Lipinski definition) is 1. The van der Waals surface area contributed by atoms with Crippen molar-refractivity contribution in [1.29, 1.82) is 0 Å². The summed E-state index contributed by atoms with van der Waals surface area (Å²) in [6.45, 7) is 6.03. The highest BCUT2D eigenvalue weighted by Gasteiger charge is 2.37. The van der Waals surface area contributed by atoms with Gasteiger partial charge in [-0.15, -0.1) is 0 Å². The van der Waals surface area contributed by atoms with Gasteiger partial charge in [0.1, 0.15) is 0 Å². The van der Waals surface area contributed by atoms with Crippen LogP contribution in [0, 0.1) is 11.8 Å². The summed E-state index contributed by atoms with van der Waals surface area (Å²) in [5.41, 5.74) is 0.589. The molecule has 1 nitrogen and oxygen atoms in total. The van der Waals surface area contributed by atoms with Gasteiger partial charge in [-0.25, -0.2) is 0 Å². The highest BCUT2D eigenvalue weighted by atomic mass is 15.0. The van der Waals surface area contributed by atoms with Gasteiger partial charge < -0.3 is 5.32 Å². The maximum Gasteiger partial charge on any atom is 0.0182 e. The largest absolute Gasteiger partial charge is 0.311 e. The summed E-state index contributed by atoms with van der Waals surface area (Å²) < 4.78 is 0. The molecule has 1 spiro atoms. The lowest BCUT2D eigenvalue weighted by Gasteiger charge is -2.39. The molecule has 2 aliphatic rings. The first-order chi connectivity index (χ1) is 6.22. The molecule has 1 heteroatoms. The van der Waals surface area contributed by atoms with E-state index in [0.29, 0.717) is 5.54 Å².